The zero-order chi connectivity index (χ0) is 14.6. The van der Waals surface area contributed by atoms with Gasteiger partial charge >= 0.3 is 0 Å². The van der Waals surface area contributed by atoms with E-state index in [0.29, 0.717) is 23.5 Å². The highest BCUT2D eigenvalue weighted by atomic mass is 79.9. The first-order chi connectivity index (χ1) is 9.51. The van der Waals surface area contributed by atoms with Gasteiger partial charge in [0.2, 0.25) is 10.0 Å². The standard InChI is InChI=1S/C12H14BrN3O3S/c1-14-20(17,18)10-3-5-12(16-8-10)15-7-6-9-2-4-11(13)19-9/h2-5,8,14H,6-7H2,1H3,(H,15,16). The molecule has 2 rings (SSSR count). The minimum atomic E-state index is -3.44. The Morgan fingerprint density at radius 2 is 2.10 bits per heavy atom. The van der Waals surface area contributed by atoms with E-state index in [1.165, 1.54) is 19.3 Å². The Bertz CT molecular complexity index is 668. The normalized spacial score (nSPS) is 11.5. The second kappa shape index (κ2) is 6.38. The van der Waals surface area contributed by atoms with Crippen molar-refractivity contribution in [3.8, 4) is 0 Å². The van der Waals surface area contributed by atoms with E-state index in [1.807, 2.05) is 12.1 Å². The summed E-state index contributed by atoms with van der Waals surface area (Å²) in [5, 5.41) is 3.10. The molecule has 0 saturated heterocycles. The van der Waals surface area contributed by atoms with E-state index < -0.39 is 10.0 Å². The number of furan rings is 1. The number of anilines is 1. The van der Waals surface area contributed by atoms with Gasteiger partial charge in [0, 0.05) is 19.2 Å². The lowest BCUT2D eigenvalue weighted by molar-refractivity contribution is 0.491. The number of nitrogens with zero attached hydrogens (tertiary/aromatic N) is 1. The summed E-state index contributed by atoms with van der Waals surface area (Å²) in [6.07, 6.45) is 2.03. The maximum absolute atomic E-state index is 11.5. The number of hydrogen-bond donors (Lipinski definition) is 2. The summed E-state index contributed by atoms with van der Waals surface area (Å²) >= 11 is 3.24. The summed E-state index contributed by atoms with van der Waals surface area (Å²) in [6, 6.07) is 6.86. The molecule has 0 spiro atoms. The highest BCUT2D eigenvalue weighted by molar-refractivity contribution is 9.10. The van der Waals surface area contributed by atoms with Crippen molar-refractivity contribution in [2.45, 2.75) is 11.3 Å². The van der Waals surface area contributed by atoms with Crippen molar-refractivity contribution in [2.75, 3.05) is 18.9 Å². The molecule has 0 radical (unpaired) electrons. The van der Waals surface area contributed by atoms with Crippen LogP contribution in [0.1, 0.15) is 5.76 Å². The van der Waals surface area contributed by atoms with E-state index in [0.717, 1.165) is 5.76 Å². The van der Waals surface area contributed by atoms with Gasteiger partial charge in [-0.05, 0) is 47.2 Å². The lowest BCUT2D eigenvalue weighted by Crippen LogP contribution is -2.18. The average Bonchev–Trinajstić information content (AvgIpc) is 2.85. The zero-order valence-corrected chi connectivity index (χ0v) is 13.2. The highest BCUT2D eigenvalue weighted by Crippen LogP contribution is 2.15. The third kappa shape index (κ3) is 3.81. The molecule has 0 aliphatic carbocycles. The van der Waals surface area contributed by atoms with Gasteiger partial charge in [-0.2, -0.15) is 0 Å². The van der Waals surface area contributed by atoms with Crippen molar-refractivity contribution in [2.24, 2.45) is 0 Å². The van der Waals surface area contributed by atoms with Gasteiger partial charge in [-0.3, -0.25) is 0 Å². The van der Waals surface area contributed by atoms with Crippen LogP contribution in [0.15, 0.2) is 44.4 Å². The number of rotatable bonds is 6. The predicted octanol–water partition coefficient (Wildman–Crippen LogP) is 2.00. The zero-order valence-electron chi connectivity index (χ0n) is 10.8. The molecule has 2 aromatic heterocycles. The van der Waals surface area contributed by atoms with Crippen LogP contribution in [0, 0.1) is 0 Å². The third-order valence-corrected chi connectivity index (χ3v) is 4.45. The number of hydrogen-bond acceptors (Lipinski definition) is 5. The van der Waals surface area contributed by atoms with Gasteiger partial charge in [-0.1, -0.05) is 0 Å². The Morgan fingerprint density at radius 3 is 2.65 bits per heavy atom. The molecule has 0 atom stereocenters. The first-order valence-corrected chi connectivity index (χ1v) is 8.16. The van der Waals surface area contributed by atoms with E-state index in [4.69, 9.17) is 4.42 Å². The van der Waals surface area contributed by atoms with Crippen LogP contribution in [0.25, 0.3) is 0 Å². The van der Waals surface area contributed by atoms with E-state index in [-0.39, 0.29) is 4.90 Å². The number of pyridine rings is 1. The number of sulfonamides is 1. The third-order valence-electron chi connectivity index (χ3n) is 2.62. The van der Waals surface area contributed by atoms with Crippen LogP contribution in [0.4, 0.5) is 5.82 Å². The molecule has 2 aromatic rings. The quantitative estimate of drug-likeness (QED) is 0.823. The fraction of sp³-hybridized carbons (Fsp3) is 0.250. The lowest BCUT2D eigenvalue weighted by Gasteiger charge is -2.06. The molecule has 20 heavy (non-hydrogen) atoms. The van der Waals surface area contributed by atoms with Crippen molar-refractivity contribution in [1.29, 1.82) is 0 Å². The van der Waals surface area contributed by atoms with Gasteiger partial charge in [0.15, 0.2) is 4.67 Å². The molecule has 0 aromatic carbocycles. The molecule has 108 valence electrons. The van der Waals surface area contributed by atoms with Crippen molar-refractivity contribution in [3.05, 3.63) is 40.9 Å². The van der Waals surface area contributed by atoms with Crippen LogP contribution in [0.5, 0.6) is 0 Å². The molecule has 0 saturated carbocycles. The Labute approximate surface area is 125 Å². The van der Waals surface area contributed by atoms with E-state index in [2.05, 4.69) is 31.0 Å². The van der Waals surface area contributed by atoms with Crippen LogP contribution in [-0.4, -0.2) is 27.0 Å². The number of nitrogens with one attached hydrogen (secondary N) is 2. The SMILES string of the molecule is CNS(=O)(=O)c1ccc(NCCc2ccc(Br)o2)nc1. The maximum Gasteiger partial charge on any atom is 0.241 e. The Kier molecular flexibility index (Phi) is 4.79. The fourth-order valence-electron chi connectivity index (χ4n) is 1.56. The molecular weight excluding hydrogens is 346 g/mol. The van der Waals surface area contributed by atoms with Crippen molar-refractivity contribution in [3.63, 3.8) is 0 Å². The van der Waals surface area contributed by atoms with Gasteiger partial charge in [-0.15, -0.1) is 0 Å². The molecule has 0 amide bonds. The van der Waals surface area contributed by atoms with Gasteiger partial charge < -0.3 is 9.73 Å². The Morgan fingerprint density at radius 1 is 1.30 bits per heavy atom. The van der Waals surface area contributed by atoms with Crippen LogP contribution in [-0.2, 0) is 16.4 Å². The molecule has 8 heteroatoms. The maximum atomic E-state index is 11.5. The largest absolute Gasteiger partial charge is 0.454 e. The smallest absolute Gasteiger partial charge is 0.241 e. The summed E-state index contributed by atoms with van der Waals surface area (Å²) in [5.74, 6) is 1.48. The molecule has 2 N–H and O–H groups in total. The van der Waals surface area contributed by atoms with Gasteiger partial charge in [0.25, 0.3) is 0 Å². The van der Waals surface area contributed by atoms with Crippen molar-refractivity contribution < 1.29 is 12.8 Å². The highest BCUT2D eigenvalue weighted by Gasteiger charge is 2.11. The molecule has 2 heterocycles. The van der Waals surface area contributed by atoms with Gasteiger partial charge in [0.1, 0.15) is 16.5 Å². The topological polar surface area (TPSA) is 84.2 Å². The summed E-state index contributed by atoms with van der Waals surface area (Å²) in [6.45, 7) is 0.644. The summed E-state index contributed by atoms with van der Waals surface area (Å²) in [4.78, 5) is 4.20. The van der Waals surface area contributed by atoms with Gasteiger partial charge in [-0.25, -0.2) is 18.1 Å². The molecule has 0 aliphatic rings. The number of halogens is 1. The second-order valence-corrected chi connectivity index (χ2v) is 6.64. The second-order valence-electron chi connectivity index (χ2n) is 3.97. The minimum Gasteiger partial charge on any atom is -0.454 e. The predicted molar refractivity (Wildman–Crippen MR) is 79.1 cm³/mol. The van der Waals surface area contributed by atoms with Crippen LogP contribution < -0.4 is 10.0 Å². The molecule has 0 bridgehead atoms. The van der Waals surface area contributed by atoms with E-state index in [9.17, 15) is 8.42 Å². The molecule has 0 aliphatic heterocycles. The Hall–Kier alpha value is -1.38. The fourth-order valence-corrected chi connectivity index (χ4v) is 2.58. The first-order valence-electron chi connectivity index (χ1n) is 5.89. The first kappa shape index (κ1) is 15.0. The van der Waals surface area contributed by atoms with E-state index >= 15 is 0 Å². The molecular formula is C12H14BrN3O3S. The summed E-state index contributed by atoms with van der Waals surface area (Å²) in [5.41, 5.74) is 0. The minimum absolute atomic E-state index is 0.139. The van der Waals surface area contributed by atoms with E-state index in [1.54, 1.807) is 6.07 Å². The summed E-state index contributed by atoms with van der Waals surface area (Å²) < 4.78 is 31.4. The molecule has 0 fully saturated rings. The van der Waals surface area contributed by atoms with Crippen molar-refractivity contribution in [1.82, 2.24) is 9.71 Å². The van der Waals surface area contributed by atoms with Crippen LogP contribution in [0.2, 0.25) is 0 Å². The van der Waals surface area contributed by atoms with Crippen LogP contribution >= 0.6 is 15.9 Å². The monoisotopic (exact) mass is 359 g/mol. The molecule has 6 nitrogen and oxygen atoms in total. The molecule has 0 unspecified atom stereocenters. The number of aromatic nitrogens is 1. The lowest BCUT2D eigenvalue weighted by atomic mass is 10.3. The summed E-state index contributed by atoms with van der Waals surface area (Å²) in [7, 11) is -2.07. The van der Waals surface area contributed by atoms with Gasteiger partial charge in [0.05, 0.1) is 0 Å². The van der Waals surface area contributed by atoms with Crippen LogP contribution in [0.3, 0.4) is 0 Å². The average molecular weight is 360 g/mol. The Balaban J connectivity index is 1.91. The van der Waals surface area contributed by atoms with Crippen molar-refractivity contribution >= 4 is 31.8 Å².